The van der Waals surface area contributed by atoms with Gasteiger partial charge in [-0.1, -0.05) is 0 Å². The van der Waals surface area contributed by atoms with Crippen molar-refractivity contribution in [1.82, 2.24) is 14.9 Å². The van der Waals surface area contributed by atoms with Crippen LogP contribution in [0.5, 0.6) is 0 Å². The van der Waals surface area contributed by atoms with E-state index in [0.29, 0.717) is 6.61 Å². The minimum atomic E-state index is -0.342. The Kier molecular flexibility index (Phi) is 5.26. The highest BCUT2D eigenvalue weighted by Crippen LogP contribution is 2.28. The molecule has 0 radical (unpaired) electrons. The lowest BCUT2D eigenvalue weighted by Gasteiger charge is -2.20. The summed E-state index contributed by atoms with van der Waals surface area (Å²) in [6.07, 6.45) is 3.95. The second-order valence-corrected chi connectivity index (χ2v) is 6.44. The van der Waals surface area contributed by atoms with Crippen LogP contribution in [-0.2, 0) is 20.7 Å². The zero-order valence-corrected chi connectivity index (χ0v) is 14.6. The Morgan fingerprint density at radius 2 is 2.20 bits per heavy atom. The second kappa shape index (κ2) is 7.59. The minimum Gasteiger partial charge on any atom is -0.465 e. The topological polar surface area (TPSA) is 72.4 Å². The highest BCUT2D eigenvalue weighted by Gasteiger charge is 2.37. The average Bonchev–Trinajstić information content (AvgIpc) is 2.87. The first kappa shape index (κ1) is 17.3. The number of esters is 1. The van der Waals surface area contributed by atoms with E-state index >= 15 is 0 Å². The fourth-order valence-corrected chi connectivity index (χ4v) is 3.37. The maximum Gasteiger partial charge on any atom is 0.325 e. The van der Waals surface area contributed by atoms with Crippen LogP contribution >= 0.6 is 0 Å². The molecule has 0 spiro atoms. The summed E-state index contributed by atoms with van der Waals surface area (Å²) in [7, 11) is 0. The molecule has 1 saturated heterocycles. The molecule has 0 saturated carbocycles. The smallest absolute Gasteiger partial charge is 0.325 e. The third kappa shape index (κ3) is 3.95. The first-order valence-corrected chi connectivity index (χ1v) is 8.75. The van der Waals surface area contributed by atoms with Crippen LogP contribution < -0.4 is 0 Å². The number of likely N-dealkylation sites (tertiary alicyclic amines) is 1. The van der Waals surface area contributed by atoms with Crippen molar-refractivity contribution in [2.24, 2.45) is 5.92 Å². The summed E-state index contributed by atoms with van der Waals surface area (Å²) in [5.41, 5.74) is 1.67. The van der Waals surface area contributed by atoms with Crippen molar-refractivity contribution in [1.29, 1.82) is 0 Å². The lowest BCUT2D eigenvalue weighted by atomic mass is 9.98. The van der Waals surface area contributed by atoms with Crippen LogP contribution in [0, 0.1) is 5.92 Å². The molecule has 1 amide bonds. The van der Waals surface area contributed by atoms with E-state index in [1.165, 1.54) is 0 Å². The molecule has 0 aliphatic carbocycles. The van der Waals surface area contributed by atoms with Gasteiger partial charge in [0.2, 0.25) is 5.91 Å². The summed E-state index contributed by atoms with van der Waals surface area (Å²) >= 11 is 0. The van der Waals surface area contributed by atoms with Crippen LogP contribution in [0.25, 0.3) is 11.0 Å². The van der Waals surface area contributed by atoms with Gasteiger partial charge in [0.15, 0.2) is 5.65 Å². The molecule has 132 valence electrons. The fourth-order valence-electron chi connectivity index (χ4n) is 3.37. The van der Waals surface area contributed by atoms with Crippen molar-refractivity contribution in [3.63, 3.8) is 0 Å². The number of fused-ring (bicyclic) bond motifs is 1. The van der Waals surface area contributed by atoms with Gasteiger partial charge in [-0.15, -0.1) is 0 Å². The van der Waals surface area contributed by atoms with E-state index in [0.717, 1.165) is 36.0 Å². The number of pyridine rings is 2. The molecule has 0 N–H and O–H groups in total. The van der Waals surface area contributed by atoms with Gasteiger partial charge in [0, 0.05) is 29.2 Å². The van der Waals surface area contributed by atoms with Crippen molar-refractivity contribution >= 4 is 22.9 Å². The Hall–Kier alpha value is -2.50. The van der Waals surface area contributed by atoms with Crippen molar-refractivity contribution < 1.29 is 14.3 Å². The number of nitrogens with zero attached hydrogens (tertiary/aromatic N) is 3. The molecular weight excluding hydrogens is 318 g/mol. The number of carbonyl (C=O) groups is 2. The van der Waals surface area contributed by atoms with Gasteiger partial charge in [-0.25, -0.2) is 9.97 Å². The molecule has 1 aliphatic rings. The van der Waals surface area contributed by atoms with Crippen molar-refractivity contribution in [2.75, 3.05) is 13.2 Å². The number of hydrogen-bond acceptors (Lipinski definition) is 5. The highest BCUT2D eigenvalue weighted by atomic mass is 16.5. The van der Waals surface area contributed by atoms with E-state index in [1.54, 1.807) is 18.0 Å². The summed E-state index contributed by atoms with van der Waals surface area (Å²) in [6, 6.07) is 7.93. The van der Waals surface area contributed by atoms with E-state index in [2.05, 4.69) is 9.97 Å². The van der Waals surface area contributed by atoms with Crippen molar-refractivity contribution in [2.45, 2.75) is 39.2 Å². The van der Waals surface area contributed by atoms with Crippen LogP contribution in [0.1, 0.15) is 32.4 Å². The van der Waals surface area contributed by atoms with Gasteiger partial charge in [0.1, 0.15) is 6.54 Å². The number of amides is 1. The molecule has 2 aromatic rings. The molecule has 1 aliphatic heterocycles. The van der Waals surface area contributed by atoms with Crippen LogP contribution in [0.15, 0.2) is 30.5 Å². The lowest BCUT2D eigenvalue weighted by Crippen LogP contribution is -2.37. The average molecular weight is 341 g/mol. The summed E-state index contributed by atoms with van der Waals surface area (Å²) in [6.45, 7) is 4.12. The highest BCUT2D eigenvalue weighted by molar-refractivity contribution is 5.85. The molecule has 2 atom stereocenters. The molecule has 2 aromatic heterocycles. The molecule has 1 fully saturated rings. The Labute approximate surface area is 147 Å². The standard InChI is InChI=1S/C19H23N3O3/c1-3-25-17(23)12-22-13(2)11-15(19(22)24)7-9-16-8-6-14-5-4-10-20-18(14)21-16/h4-6,8,10,13,15H,3,7,9,11-12H2,1-2H3/t13-,15+/m1/s1. The summed E-state index contributed by atoms with van der Waals surface area (Å²) in [4.78, 5) is 34.7. The van der Waals surface area contributed by atoms with E-state index < -0.39 is 0 Å². The van der Waals surface area contributed by atoms with E-state index in [9.17, 15) is 9.59 Å². The van der Waals surface area contributed by atoms with Gasteiger partial charge in [0.05, 0.1) is 6.61 Å². The quantitative estimate of drug-likeness (QED) is 0.754. The third-order valence-corrected chi connectivity index (χ3v) is 4.67. The summed E-state index contributed by atoms with van der Waals surface area (Å²) in [5.74, 6) is -0.365. The predicted molar refractivity (Wildman–Crippen MR) is 93.8 cm³/mol. The van der Waals surface area contributed by atoms with E-state index in [1.807, 2.05) is 31.2 Å². The molecule has 0 aromatic carbocycles. The second-order valence-electron chi connectivity index (χ2n) is 6.44. The zero-order valence-electron chi connectivity index (χ0n) is 14.6. The van der Waals surface area contributed by atoms with E-state index in [-0.39, 0.29) is 30.4 Å². The zero-order chi connectivity index (χ0) is 17.8. The van der Waals surface area contributed by atoms with Crippen LogP contribution in [0.3, 0.4) is 0 Å². The lowest BCUT2D eigenvalue weighted by molar-refractivity contribution is -0.149. The Morgan fingerprint density at radius 1 is 1.36 bits per heavy atom. The maximum atomic E-state index is 12.6. The van der Waals surface area contributed by atoms with Crippen LogP contribution in [0.2, 0.25) is 0 Å². The van der Waals surface area contributed by atoms with Gasteiger partial charge >= 0.3 is 5.97 Å². The van der Waals surface area contributed by atoms with Gasteiger partial charge in [-0.05, 0) is 57.4 Å². The normalized spacial score (nSPS) is 20.2. The molecule has 3 heterocycles. The Morgan fingerprint density at radius 3 is 3.00 bits per heavy atom. The number of ether oxygens (including phenoxy) is 1. The SMILES string of the molecule is CCOC(=O)CN1C(=O)[C@@H](CCc2ccc3cccnc3n2)C[C@H]1C. The number of rotatable bonds is 6. The van der Waals surface area contributed by atoms with Crippen molar-refractivity contribution in [3.05, 3.63) is 36.2 Å². The molecule has 0 unspecified atom stereocenters. The third-order valence-electron chi connectivity index (χ3n) is 4.67. The van der Waals surface area contributed by atoms with Gasteiger partial charge in [0.25, 0.3) is 0 Å². The number of carbonyl (C=O) groups excluding carboxylic acids is 2. The largest absolute Gasteiger partial charge is 0.465 e. The van der Waals surface area contributed by atoms with Gasteiger partial charge in [-0.3, -0.25) is 9.59 Å². The Balaban J connectivity index is 1.61. The first-order chi connectivity index (χ1) is 12.1. The maximum absolute atomic E-state index is 12.6. The fraction of sp³-hybridized carbons (Fsp3) is 0.474. The summed E-state index contributed by atoms with van der Waals surface area (Å²) < 4.78 is 4.96. The minimum absolute atomic E-state index is 0.0412. The van der Waals surface area contributed by atoms with Crippen molar-refractivity contribution in [3.8, 4) is 0 Å². The number of hydrogen-bond donors (Lipinski definition) is 0. The monoisotopic (exact) mass is 341 g/mol. The molecule has 3 rings (SSSR count). The van der Waals surface area contributed by atoms with Gasteiger partial charge < -0.3 is 9.64 Å². The Bertz CT molecular complexity index is 777. The summed E-state index contributed by atoms with van der Waals surface area (Å²) in [5, 5.41) is 1.01. The predicted octanol–water partition coefficient (Wildman–Crippen LogP) is 2.36. The molecule has 6 heteroatoms. The molecule has 25 heavy (non-hydrogen) atoms. The molecule has 6 nitrogen and oxygen atoms in total. The molecule has 0 bridgehead atoms. The van der Waals surface area contributed by atoms with Crippen LogP contribution in [0.4, 0.5) is 0 Å². The molecular formula is C19H23N3O3. The first-order valence-electron chi connectivity index (χ1n) is 8.75. The van der Waals surface area contributed by atoms with Crippen LogP contribution in [-0.4, -0.2) is 45.9 Å². The number of aromatic nitrogens is 2. The van der Waals surface area contributed by atoms with Gasteiger partial charge in [-0.2, -0.15) is 0 Å². The van der Waals surface area contributed by atoms with E-state index in [4.69, 9.17) is 4.74 Å². The number of aryl methyl sites for hydroxylation is 1.